The van der Waals surface area contributed by atoms with E-state index in [0.29, 0.717) is 17.8 Å². The van der Waals surface area contributed by atoms with Crippen molar-refractivity contribution in [2.45, 2.75) is 19.0 Å². The molecule has 0 aliphatic heterocycles. The summed E-state index contributed by atoms with van der Waals surface area (Å²) in [4.78, 5) is 11.1. The Balaban J connectivity index is 1.88. The number of fused-ring (bicyclic) bond motifs is 3. The first-order chi connectivity index (χ1) is 13.2. The van der Waals surface area contributed by atoms with Gasteiger partial charge in [-0.25, -0.2) is 0 Å². The molecule has 2 N–H and O–H groups in total. The SMILES string of the molecule is Cn1cc2c3cc(CCC(N)=O)ccc3n(-c3ccc(C(F)(F)F)cc3)c2n1. The predicted octanol–water partition coefficient (Wildman–Crippen LogP) is 3.95. The molecule has 0 atom stereocenters. The number of hydrogen-bond acceptors (Lipinski definition) is 2. The van der Waals surface area contributed by atoms with Crippen molar-refractivity contribution in [2.24, 2.45) is 12.8 Å². The topological polar surface area (TPSA) is 65.8 Å². The van der Waals surface area contributed by atoms with Crippen LogP contribution >= 0.6 is 0 Å². The van der Waals surface area contributed by atoms with Crippen molar-refractivity contribution in [3.05, 3.63) is 59.8 Å². The fraction of sp³-hybridized carbons (Fsp3) is 0.200. The number of amides is 1. The maximum atomic E-state index is 12.9. The molecule has 8 heteroatoms. The highest BCUT2D eigenvalue weighted by atomic mass is 19.4. The van der Waals surface area contributed by atoms with Gasteiger partial charge in [-0.1, -0.05) is 6.07 Å². The molecule has 2 aromatic heterocycles. The van der Waals surface area contributed by atoms with Gasteiger partial charge in [0.15, 0.2) is 5.65 Å². The summed E-state index contributed by atoms with van der Waals surface area (Å²) in [5.41, 5.74) is 7.58. The van der Waals surface area contributed by atoms with Gasteiger partial charge in [0.05, 0.1) is 11.1 Å². The van der Waals surface area contributed by atoms with Crippen LogP contribution in [0.4, 0.5) is 13.2 Å². The minimum atomic E-state index is -4.38. The second-order valence-electron chi connectivity index (χ2n) is 6.74. The van der Waals surface area contributed by atoms with Crippen LogP contribution < -0.4 is 5.73 Å². The molecule has 0 spiro atoms. The lowest BCUT2D eigenvalue weighted by Gasteiger charge is -2.10. The van der Waals surface area contributed by atoms with Gasteiger partial charge in [-0.15, -0.1) is 0 Å². The molecule has 0 saturated heterocycles. The Kier molecular flexibility index (Phi) is 4.14. The average molecular weight is 386 g/mol. The Morgan fingerprint density at radius 3 is 2.46 bits per heavy atom. The van der Waals surface area contributed by atoms with Crippen LogP contribution in [-0.4, -0.2) is 20.3 Å². The number of rotatable bonds is 4. The number of carbonyl (C=O) groups excluding carboxylic acids is 1. The van der Waals surface area contributed by atoms with Crippen LogP contribution in [0.2, 0.25) is 0 Å². The molecule has 0 radical (unpaired) electrons. The molecule has 0 saturated carbocycles. The largest absolute Gasteiger partial charge is 0.416 e. The molecular weight excluding hydrogens is 369 g/mol. The predicted molar refractivity (Wildman–Crippen MR) is 100 cm³/mol. The van der Waals surface area contributed by atoms with Gasteiger partial charge in [0.2, 0.25) is 5.91 Å². The molecule has 5 nitrogen and oxygen atoms in total. The Morgan fingerprint density at radius 2 is 1.82 bits per heavy atom. The van der Waals surface area contributed by atoms with E-state index < -0.39 is 11.7 Å². The van der Waals surface area contributed by atoms with E-state index in [0.717, 1.165) is 34.0 Å². The molecule has 0 aliphatic rings. The normalized spacial score (nSPS) is 12.1. The van der Waals surface area contributed by atoms with Crippen molar-refractivity contribution in [2.75, 3.05) is 0 Å². The third-order valence-electron chi connectivity index (χ3n) is 4.73. The van der Waals surface area contributed by atoms with Crippen LogP contribution in [0.3, 0.4) is 0 Å². The molecule has 144 valence electrons. The van der Waals surface area contributed by atoms with Crippen molar-refractivity contribution in [1.29, 1.82) is 0 Å². The number of halogens is 3. The number of benzene rings is 2. The van der Waals surface area contributed by atoms with Gasteiger partial charge in [0.1, 0.15) is 0 Å². The summed E-state index contributed by atoms with van der Waals surface area (Å²) in [6.45, 7) is 0. The number of aryl methyl sites for hydroxylation is 2. The van der Waals surface area contributed by atoms with Gasteiger partial charge < -0.3 is 5.73 Å². The number of carbonyl (C=O) groups is 1. The lowest BCUT2D eigenvalue weighted by atomic mass is 10.1. The number of alkyl halides is 3. The van der Waals surface area contributed by atoms with E-state index in [-0.39, 0.29) is 12.3 Å². The molecule has 28 heavy (non-hydrogen) atoms. The quantitative estimate of drug-likeness (QED) is 0.577. The Morgan fingerprint density at radius 1 is 1.11 bits per heavy atom. The second kappa shape index (κ2) is 6.40. The average Bonchev–Trinajstić information content (AvgIpc) is 3.14. The van der Waals surface area contributed by atoms with Crippen molar-refractivity contribution < 1.29 is 18.0 Å². The van der Waals surface area contributed by atoms with Gasteiger partial charge in [-0.05, 0) is 48.4 Å². The van der Waals surface area contributed by atoms with Crippen LogP contribution in [0.15, 0.2) is 48.7 Å². The molecule has 4 rings (SSSR count). The zero-order valence-electron chi connectivity index (χ0n) is 15.0. The summed E-state index contributed by atoms with van der Waals surface area (Å²) >= 11 is 0. The van der Waals surface area contributed by atoms with Gasteiger partial charge in [0, 0.05) is 36.1 Å². The summed E-state index contributed by atoms with van der Waals surface area (Å²) in [6, 6.07) is 10.8. The summed E-state index contributed by atoms with van der Waals surface area (Å²) in [5, 5.41) is 6.29. The number of nitrogens with two attached hydrogens (primary N) is 1. The minimum absolute atomic E-state index is 0.251. The van der Waals surface area contributed by atoms with Crippen molar-refractivity contribution in [1.82, 2.24) is 14.3 Å². The highest BCUT2D eigenvalue weighted by Gasteiger charge is 2.30. The molecule has 0 unspecified atom stereocenters. The third-order valence-corrected chi connectivity index (χ3v) is 4.73. The molecule has 2 aromatic carbocycles. The summed E-state index contributed by atoms with van der Waals surface area (Å²) in [7, 11) is 1.79. The maximum absolute atomic E-state index is 12.9. The van der Waals surface area contributed by atoms with Crippen molar-refractivity contribution >= 4 is 27.8 Å². The van der Waals surface area contributed by atoms with E-state index in [1.165, 1.54) is 12.1 Å². The molecule has 1 amide bonds. The Bertz CT molecular complexity index is 1190. The van der Waals surface area contributed by atoms with E-state index in [4.69, 9.17) is 5.73 Å². The summed E-state index contributed by atoms with van der Waals surface area (Å²) in [5.74, 6) is -0.367. The summed E-state index contributed by atoms with van der Waals surface area (Å²) in [6.07, 6.45) is -1.73. The zero-order valence-corrected chi connectivity index (χ0v) is 15.0. The molecule has 0 bridgehead atoms. The Labute approximate surface area is 158 Å². The number of primary amides is 1. The zero-order chi connectivity index (χ0) is 20.1. The fourth-order valence-corrected chi connectivity index (χ4v) is 3.42. The maximum Gasteiger partial charge on any atom is 0.416 e. The summed E-state index contributed by atoms with van der Waals surface area (Å²) < 4.78 is 42.2. The second-order valence-corrected chi connectivity index (χ2v) is 6.74. The first-order valence-electron chi connectivity index (χ1n) is 8.66. The van der Waals surface area contributed by atoms with Crippen LogP contribution in [-0.2, 0) is 24.4 Å². The van der Waals surface area contributed by atoms with Crippen molar-refractivity contribution in [3.63, 3.8) is 0 Å². The molecule has 4 aromatic rings. The fourth-order valence-electron chi connectivity index (χ4n) is 3.42. The van der Waals surface area contributed by atoms with E-state index in [1.54, 1.807) is 11.7 Å². The minimum Gasteiger partial charge on any atom is -0.370 e. The first-order valence-corrected chi connectivity index (χ1v) is 8.66. The molecule has 0 fully saturated rings. The van der Waals surface area contributed by atoms with Crippen LogP contribution in [0.5, 0.6) is 0 Å². The Hall–Kier alpha value is -3.29. The monoisotopic (exact) mass is 386 g/mol. The van der Waals surface area contributed by atoms with E-state index in [1.807, 2.05) is 29.0 Å². The first kappa shape index (κ1) is 18.1. The van der Waals surface area contributed by atoms with Gasteiger partial charge in [0.25, 0.3) is 0 Å². The smallest absolute Gasteiger partial charge is 0.370 e. The van der Waals surface area contributed by atoms with E-state index in [2.05, 4.69) is 5.10 Å². The van der Waals surface area contributed by atoms with Crippen LogP contribution in [0.25, 0.3) is 27.6 Å². The highest BCUT2D eigenvalue weighted by molar-refractivity contribution is 6.08. The van der Waals surface area contributed by atoms with Gasteiger partial charge >= 0.3 is 6.18 Å². The third kappa shape index (κ3) is 3.11. The lowest BCUT2D eigenvalue weighted by molar-refractivity contribution is -0.137. The van der Waals surface area contributed by atoms with E-state index in [9.17, 15) is 18.0 Å². The standard InChI is InChI=1S/C20H17F3N4O/c1-26-11-16-15-10-12(3-9-18(24)28)2-8-17(15)27(19(16)25-26)14-6-4-13(5-7-14)20(21,22)23/h2,4-8,10-11H,3,9H2,1H3,(H2,24,28). The number of nitrogens with zero attached hydrogens (tertiary/aromatic N) is 3. The molecule has 2 heterocycles. The van der Waals surface area contributed by atoms with Gasteiger partial charge in [-0.2, -0.15) is 18.3 Å². The van der Waals surface area contributed by atoms with Crippen molar-refractivity contribution in [3.8, 4) is 5.69 Å². The molecule has 0 aliphatic carbocycles. The molecular formula is C20H17F3N4O. The highest BCUT2D eigenvalue weighted by Crippen LogP contribution is 2.34. The van der Waals surface area contributed by atoms with Crippen LogP contribution in [0, 0.1) is 0 Å². The van der Waals surface area contributed by atoms with E-state index >= 15 is 0 Å². The number of hydrogen-bond donors (Lipinski definition) is 1. The number of aromatic nitrogens is 3. The lowest BCUT2D eigenvalue weighted by Crippen LogP contribution is -2.11. The van der Waals surface area contributed by atoms with Crippen LogP contribution in [0.1, 0.15) is 17.5 Å². The van der Waals surface area contributed by atoms with Gasteiger partial charge in [-0.3, -0.25) is 14.0 Å².